The Bertz CT molecular complexity index is 1410. The largest absolute Gasteiger partial charge is 0.465 e. The van der Waals surface area contributed by atoms with Gasteiger partial charge in [-0.2, -0.15) is 4.31 Å². The van der Waals surface area contributed by atoms with E-state index in [4.69, 9.17) is 0 Å². The second-order valence-electron chi connectivity index (χ2n) is 8.46. The van der Waals surface area contributed by atoms with Gasteiger partial charge in [0.1, 0.15) is 0 Å². The summed E-state index contributed by atoms with van der Waals surface area (Å²) in [5.41, 5.74) is 0.981. The molecule has 1 N–H and O–H groups in total. The van der Waals surface area contributed by atoms with Gasteiger partial charge in [0.05, 0.1) is 30.2 Å². The molecule has 10 heteroatoms. The zero-order valence-corrected chi connectivity index (χ0v) is 21.5. The van der Waals surface area contributed by atoms with Crippen LogP contribution in [0.15, 0.2) is 71.6 Å². The number of ketones is 1. The Morgan fingerprint density at radius 1 is 1.03 bits per heavy atom. The van der Waals surface area contributed by atoms with Crippen molar-refractivity contribution in [2.24, 2.45) is 0 Å². The van der Waals surface area contributed by atoms with Crippen LogP contribution in [0.25, 0.3) is 10.8 Å². The van der Waals surface area contributed by atoms with Gasteiger partial charge in [-0.05, 0) is 53.6 Å². The number of nitrogens with zero attached hydrogens (tertiary/aromatic N) is 1. The molecule has 2 atom stereocenters. The van der Waals surface area contributed by atoms with Crippen LogP contribution < -0.4 is 5.32 Å². The van der Waals surface area contributed by atoms with E-state index in [0.717, 1.165) is 22.5 Å². The van der Waals surface area contributed by atoms with Crippen molar-refractivity contribution < 1.29 is 27.5 Å². The Labute approximate surface area is 214 Å². The third kappa shape index (κ3) is 5.61. The minimum Gasteiger partial charge on any atom is -0.465 e. The van der Waals surface area contributed by atoms with E-state index >= 15 is 0 Å². The number of esters is 1. The molecule has 3 aromatic rings. The quantitative estimate of drug-likeness (QED) is 0.443. The van der Waals surface area contributed by atoms with Crippen LogP contribution in [-0.2, 0) is 24.3 Å². The molecule has 36 heavy (non-hydrogen) atoms. The molecule has 1 fully saturated rings. The number of hydrogen-bond acceptors (Lipinski definition) is 8. The minimum absolute atomic E-state index is 0.0731. The number of rotatable bonds is 8. The number of carbonyl (C=O) groups excluding carboxylic acids is 3. The predicted octanol–water partition coefficient (Wildman–Crippen LogP) is 3.72. The molecule has 1 aliphatic heterocycles. The third-order valence-corrected chi connectivity index (χ3v) is 8.90. The molecule has 1 heterocycles. The van der Waals surface area contributed by atoms with Gasteiger partial charge in [-0.15, -0.1) is 0 Å². The average Bonchev–Trinajstić information content (AvgIpc) is 3.31. The number of fused-ring (bicyclic) bond motifs is 1. The zero-order chi connectivity index (χ0) is 25.9. The van der Waals surface area contributed by atoms with Crippen molar-refractivity contribution in [2.75, 3.05) is 25.5 Å². The molecule has 4 rings (SSSR count). The summed E-state index contributed by atoms with van der Waals surface area (Å²) < 4.78 is 33.2. The van der Waals surface area contributed by atoms with Crippen LogP contribution in [0.4, 0.5) is 5.69 Å². The first-order valence-electron chi connectivity index (χ1n) is 11.3. The Balaban J connectivity index is 1.55. The van der Waals surface area contributed by atoms with E-state index in [-0.39, 0.29) is 40.6 Å². The van der Waals surface area contributed by atoms with Gasteiger partial charge in [0.2, 0.25) is 10.0 Å². The second-order valence-corrected chi connectivity index (χ2v) is 11.8. The van der Waals surface area contributed by atoms with Crippen molar-refractivity contribution in [3.63, 3.8) is 0 Å². The van der Waals surface area contributed by atoms with Crippen LogP contribution in [0.1, 0.15) is 23.7 Å². The molecule has 8 nitrogen and oxygen atoms in total. The lowest BCUT2D eigenvalue weighted by molar-refractivity contribution is -0.120. The number of hydrogen-bond donors (Lipinski definition) is 1. The first kappa shape index (κ1) is 25.9. The molecular weight excluding hydrogens is 500 g/mol. The van der Waals surface area contributed by atoms with Crippen LogP contribution in [0.2, 0.25) is 0 Å². The summed E-state index contributed by atoms with van der Waals surface area (Å²) in [5, 5.41) is 4.26. The number of benzene rings is 3. The minimum atomic E-state index is -3.99. The van der Waals surface area contributed by atoms with Gasteiger partial charge >= 0.3 is 5.97 Å². The molecule has 0 aromatic heterocycles. The summed E-state index contributed by atoms with van der Waals surface area (Å²) in [7, 11) is -2.69. The molecule has 2 unspecified atom stereocenters. The summed E-state index contributed by atoms with van der Waals surface area (Å²) in [4.78, 5) is 36.7. The fraction of sp³-hybridized carbons (Fsp3) is 0.269. The molecule has 1 aliphatic rings. The molecule has 0 spiro atoms. The second kappa shape index (κ2) is 10.8. The Morgan fingerprint density at radius 3 is 2.39 bits per heavy atom. The number of nitrogens with one attached hydrogen (secondary N) is 1. The molecule has 0 saturated carbocycles. The van der Waals surface area contributed by atoms with Crippen molar-refractivity contribution in [2.45, 2.75) is 29.5 Å². The molecule has 0 radical (unpaired) electrons. The number of Topliss-reactive ketones (excluding diaryl/α,β-unsaturated/α-hetero) is 1. The highest BCUT2D eigenvalue weighted by Crippen LogP contribution is 2.34. The van der Waals surface area contributed by atoms with Gasteiger partial charge in [-0.25, -0.2) is 13.2 Å². The monoisotopic (exact) mass is 526 g/mol. The summed E-state index contributed by atoms with van der Waals surface area (Å²) in [6.07, 6.45) is 0.249. The lowest BCUT2D eigenvalue weighted by Gasteiger charge is -2.23. The lowest BCUT2D eigenvalue weighted by Crippen LogP contribution is -2.42. The first-order chi connectivity index (χ1) is 17.2. The van der Waals surface area contributed by atoms with Crippen LogP contribution >= 0.6 is 11.8 Å². The maximum absolute atomic E-state index is 13.6. The molecule has 0 bridgehead atoms. The average molecular weight is 527 g/mol. The van der Waals surface area contributed by atoms with E-state index in [0.29, 0.717) is 11.3 Å². The van der Waals surface area contributed by atoms with Crippen LogP contribution in [0.5, 0.6) is 0 Å². The highest BCUT2D eigenvalue weighted by Gasteiger charge is 2.44. The molecule has 3 aromatic carbocycles. The number of sulfonamides is 1. The van der Waals surface area contributed by atoms with Gasteiger partial charge in [-0.1, -0.05) is 42.1 Å². The van der Waals surface area contributed by atoms with Gasteiger partial charge in [-0.3, -0.25) is 9.59 Å². The van der Waals surface area contributed by atoms with Crippen molar-refractivity contribution in [1.82, 2.24) is 4.31 Å². The van der Waals surface area contributed by atoms with Crippen molar-refractivity contribution >= 4 is 55.1 Å². The third-order valence-electron chi connectivity index (χ3n) is 6.02. The van der Waals surface area contributed by atoms with Gasteiger partial charge in [0.25, 0.3) is 0 Å². The van der Waals surface area contributed by atoms with Crippen molar-refractivity contribution in [3.05, 3.63) is 72.3 Å². The standard InChI is InChI=1S/C26H26N2O6S2/c1-17(29)35-22-14-24(25(30)15-27-21-10-7-19(8-11-21)26(31)34-2)28(16-22)36(32,33)23-12-9-18-5-3-4-6-20(18)13-23/h3-13,22,24,27H,14-16H2,1-2H3. The highest BCUT2D eigenvalue weighted by atomic mass is 32.2. The van der Waals surface area contributed by atoms with E-state index in [1.807, 2.05) is 24.3 Å². The maximum Gasteiger partial charge on any atom is 0.337 e. The van der Waals surface area contributed by atoms with E-state index < -0.39 is 22.0 Å². The van der Waals surface area contributed by atoms with Gasteiger partial charge < -0.3 is 10.1 Å². The van der Waals surface area contributed by atoms with Crippen LogP contribution in [0.3, 0.4) is 0 Å². The fourth-order valence-corrected chi connectivity index (χ4v) is 7.04. The van der Waals surface area contributed by atoms with Crippen molar-refractivity contribution in [3.8, 4) is 0 Å². The smallest absolute Gasteiger partial charge is 0.337 e. The predicted molar refractivity (Wildman–Crippen MR) is 140 cm³/mol. The summed E-state index contributed by atoms with van der Waals surface area (Å²) in [6, 6.07) is 17.9. The SMILES string of the molecule is COC(=O)c1ccc(NCC(=O)C2CC(SC(C)=O)CN2S(=O)(=O)c2ccc3ccccc3c2)cc1. The topological polar surface area (TPSA) is 110 Å². The maximum atomic E-state index is 13.6. The molecule has 188 valence electrons. The molecule has 0 amide bonds. The lowest BCUT2D eigenvalue weighted by atomic mass is 10.1. The number of carbonyl (C=O) groups is 3. The van der Waals surface area contributed by atoms with E-state index in [2.05, 4.69) is 10.1 Å². The van der Waals surface area contributed by atoms with Crippen LogP contribution in [-0.4, -0.2) is 61.1 Å². The van der Waals surface area contributed by atoms with Crippen LogP contribution in [0, 0.1) is 0 Å². The summed E-state index contributed by atoms with van der Waals surface area (Å²) in [6.45, 7) is 1.40. The Morgan fingerprint density at radius 2 is 1.72 bits per heavy atom. The van der Waals surface area contributed by atoms with Crippen molar-refractivity contribution in [1.29, 1.82) is 0 Å². The van der Waals surface area contributed by atoms with E-state index in [1.165, 1.54) is 18.3 Å². The summed E-state index contributed by atoms with van der Waals surface area (Å²) in [5.74, 6) is -0.768. The highest BCUT2D eigenvalue weighted by molar-refractivity contribution is 8.14. The molecular formula is C26H26N2O6S2. The number of ether oxygens (including phenoxy) is 1. The van der Waals surface area contributed by atoms with Gasteiger partial charge in [0.15, 0.2) is 10.9 Å². The van der Waals surface area contributed by atoms with Gasteiger partial charge in [0, 0.05) is 24.4 Å². The number of methoxy groups -OCH3 is 1. The Kier molecular flexibility index (Phi) is 7.77. The summed E-state index contributed by atoms with van der Waals surface area (Å²) >= 11 is 1.06. The zero-order valence-electron chi connectivity index (χ0n) is 19.8. The van der Waals surface area contributed by atoms with E-state index in [9.17, 15) is 22.8 Å². The van der Waals surface area contributed by atoms with E-state index in [1.54, 1.807) is 42.5 Å². The normalized spacial score (nSPS) is 18.2. The Hall–Kier alpha value is -3.21. The number of thioether (sulfide) groups is 1. The molecule has 1 saturated heterocycles. The number of anilines is 1. The fourth-order valence-electron chi connectivity index (χ4n) is 4.26. The first-order valence-corrected chi connectivity index (χ1v) is 13.6. The molecule has 0 aliphatic carbocycles.